The first kappa shape index (κ1) is 15.5. The molecule has 0 saturated heterocycles. The highest BCUT2D eigenvalue weighted by atomic mass is 79.9. The topological polar surface area (TPSA) is 68.7 Å². The molecule has 1 aromatic rings. The van der Waals surface area contributed by atoms with E-state index in [9.17, 15) is 18.0 Å². The van der Waals surface area contributed by atoms with Gasteiger partial charge in [0.05, 0.1) is 24.9 Å². The Labute approximate surface area is 114 Å². The van der Waals surface area contributed by atoms with Gasteiger partial charge in [-0.2, -0.15) is 0 Å². The van der Waals surface area contributed by atoms with Crippen LogP contribution >= 0.6 is 15.9 Å². The number of pyridine rings is 1. The molecule has 1 rings (SSSR count). The fraction of sp³-hybridized carbons (Fsp3) is 0.400. The van der Waals surface area contributed by atoms with E-state index in [2.05, 4.69) is 25.7 Å². The van der Waals surface area contributed by atoms with Crippen molar-refractivity contribution in [2.24, 2.45) is 0 Å². The van der Waals surface area contributed by atoms with Gasteiger partial charge in [0.15, 0.2) is 5.75 Å². The number of carboxylic acid groups (broad SMARTS) is 1. The van der Waals surface area contributed by atoms with Crippen LogP contribution in [0, 0.1) is 0 Å². The van der Waals surface area contributed by atoms with Crippen LogP contribution < -0.4 is 9.47 Å². The van der Waals surface area contributed by atoms with Crippen LogP contribution in [0.25, 0.3) is 0 Å². The Kier molecular flexibility index (Phi) is 4.98. The molecule has 0 aliphatic heterocycles. The maximum atomic E-state index is 12.2. The number of rotatable bonds is 5. The summed E-state index contributed by atoms with van der Waals surface area (Å²) in [6.45, 7) is 0. The number of methoxy groups -OCH3 is 1. The summed E-state index contributed by atoms with van der Waals surface area (Å²) < 4.78 is 45.3. The Hall–Kier alpha value is -1.51. The van der Waals surface area contributed by atoms with E-state index in [1.165, 1.54) is 7.11 Å². The largest absolute Gasteiger partial charge is 0.573 e. The Morgan fingerprint density at radius 2 is 2.05 bits per heavy atom. The molecule has 19 heavy (non-hydrogen) atoms. The summed E-state index contributed by atoms with van der Waals surface area (Å²) in [4.78, 5) is 14.4. The zero-order valence-electron chi connectivity index (χ0n) is 9.62. The fourth-order valence-electron chi connectivity index (χ4n) is 1.31. The molecular formula is C10H9BrF3NO4. The highest BCUT2D eigenvalue weighted by Crippen LogP contribution is 2.32. The van der Waals surface area contributed by atoms with Crippen LogP contribution in [-0.4, -0.2) is 29.5 Å². The summed E-state index contributed by atoms with van der Waals surface area (Å²) in [5.41, 5.74) is -0.0339. The predicted molar refractivity (Wildman–Crippen MR) is 61.4 cm³/mol. The van der Waals surface area contributed by atoms with Crippen molar-refractivity contribution in [1.29, 1.82) is 0 Å². The van der Waals surface area contributed by atoms with Crippen LogP contribution in [0.3, 0.4) is 0 Å². The molecule has 0 atom stereocenters. The molecule has 0 spiro atoms. The van der Waals surface area contributed by atoms with Crippen LogP contribution in [0.2, 0.25) is 0 Å². The number of ether oxygens (including phenoxy) is 2. The molecule has 1 aromatic heterocycles. The molecule has 0 aliphatic rings. The van der Waals surface area contributed by atoms with Crippen LogP contribution in [0.1, 0.15) is 11.4 Å². The lowest BCUT2D eigenvalue weighted by atomic mass is 10.2. The number of alkyl halides is 4. The Bertz CT molecular complexity index is 479. The second kappa shape index (κ2) is 6.09. The lowest BCUT2D eigenvalue weighted by Gasteiger charge is -2.15. The van der Waals surface area contributed by atoms with Gasteiger partial charge in [-0.05, 0) is 0 Å². The summed E-state index contributed by atoms with van der Waals surface area (Å²) in [7, 11) is 1.26. The van der Waals surface area contributed by atoms with Crippen molar-refractivity contribution in [3.8, 4) is 11.5 Å². The number of aliphatic carboxylic acids is 1. The standard InChI is InChI=1S/C10H9BrF3NO4/c1-18-7-3-8(19-10(12,13)14)5(2-9(16)17)15-6(7)4-11/h3H,2,4H2,1H3,(H,16,17). The first-order valence-electron chi connectivity index (χ1n) is 4.87. The Morgan fingerprint density at radius 3 is 2.47 bits per heavy atom. The van der Waals surface area contributed by atoms with Gasteiger partial charge in [-0.15, -0.1) is 13.2 Å². The summed E-state index contributed by atoms with van der Waals surface area (Å²) in [5.74, 6) is -1.92. The quantitative estimate of drug-likeness (QED) is 0.832. The SMILES string of the molecule is COc1cc(OC(F)(F)F)c(CC(=O)O)nc1CBr. The van der Waals surface area contributed by atoms with Gasteiger partial charge in [0.25, 0.3) is 0 Å². The molecular weight excluding hydrogens is 335 g/mol. The zero-order chi connectivity index (χ0) is 14.6. The van der Waals surface area contributed by atoms with Crippen molar-refractivity contribution in [3.05, 3.63) is 17.5 Å². The predicted octanol–water partition coefficient (Wildman–Crippen LogP) is 2.51. The minimum absolute atomic E-state index is 0.0743. The molecule has 0 bridgehead atoms. The van der Waals surface area contributed by atoms with E-state index in [4.69, 9.17) is 9.84 Å². The molecule has 9 heteroatoms. The third-order valence-corrected chi connectivity index (χ3v) is 2.52. The average molecular weight is 344 g/mol. The second-order valence-electron chi connectivity index (χ2n) is 3.33. The van der Waals surface area contributed by atoms with Gasteiger partial charge in [0.2, 0.25) is 0 Å². The van der Waals surface area contributed by atoms with Gasteiger partial charge >= 0.3 is 12.3 Å². The lowest BCUT2D eigenvalue weighted by Crippen LogP contribution is -2.19. The zero-order valence-corrected chi connectivity index (χ0v) is 11.2. The number of aromatic nitrogens is 1. The molecule has 0 saturated carbocycles. The first-order valence-corrected chi connectivity index (χ1v) is 5.99. The molecule has 106 valence electrons. The van der Waals surface area contributed by atoms with E-state index in [-0.39, 0.29) is 22.5 Å². The summed E-state index contributed by atoms with van der Waals surface area (Å²) in [6, 6.07) is 0.968. The fourth-order valence-corrected chi connectivity index (χ4v) is 1.72. The maximum Gasteiger partial charge on any atom is 0.573 e. The van der Waals surface area contributed by atoms with Crippen molar-refractivity contribution in [1.82, 2.24) is 4.98 Å². The molecule has 1 heterocycles. The molecule has 0 fully saturated rings. The summed E-state index contributed by atoms with van der Waals surface area (Å²) >= 11 is 3.08. The van der Waals surface area contributed by atoms with Gasteiger partial charge in [0.1, 0.15) is 5.75 Å². The minimum atomic E-state index is -4.93. The van der Waals surface area contributed by atoms with Gasteiger partial charge in [-0.25, -0.2) is 4.98 Å². The molecule has 1 N–H and O–H groups in total. The normalized spacial score (nSPS) is 11.2. The molecule has 0 unspecified atom stereocenters. The minimum Gasteiger partial charge on any atom is -0.495 e. The average Bonchev–Trinajstić information content (AvgIpc) is 2.28. The van der Waals surface area contributed by atoms with Crippen molar-refractivity contribution in [2.75, 3.05) is 7.11 Å². The molecule has 0 amide bonds. The summed E-state index contributed by atoms with van der Waals surface area (Å²) in [6.07, 6.45) is -5.62. The Balaban J connectivity index is 3.27. The van der Waals surface area contributed by atoms with Crippen molar-refractivity contribution in [3.63, 3.8) is 0 Å². The third-order valence-electron chi connectivity index (χ3n) is 1.99. The maximum absolute atomic E-state index is 12.2. The molecule has 0 aliphatic carbocycles. The number of nitrogens with zero attached hydrogens (tertiary/aromatic N) is 1. The van der Waals surface area contributed by atoms with Crippen LogP contribution in [0.4, 0.5) is 13.2 Å². The molecule has 0 aromatic carbocycles. The van der Waals surface area contributed by atoms with E-state index >= 15 is 0 Å². The van der Waals surface area contributed by atoms with E-state index in [1.54, 1.807) is 0 Å². The van der Waals surface area contributed by atoms with E-state index in [1.807, 2.05) is 0 Å². The smallest absolute Gasteiger partial charge is 0.495 e. The van der Waals surface area contributed by atoms with E-state index in [0.29, 0.717) is 0 Å². The number of hydrogen-bond donors (Lipinski definition) is 1. The van der Waals surface area contributed by atoms with E-state index in [0.717, 1.165) is 6.07 Å². The molecule has 5 nitrogen and oxygen atoms in total. The van der Waals surface area contributed by atoms with Crippen LogP contribution in [0.15, 0.2) is 6.07 Å². The van der Waals surface area contributed by atoms with Crippen LogP contribution in [0.5, 0.6) is 11.5 Å². The number of hydrogen-bond acceptors (Lipinski definition) is 4. The van der Waals surface area contributed by atoms with Gasteiger partial charge < -0.3 is 14.6 Å². The van der Waals surface area contributed by atoms with Crippen molar-refractivity contribution in [2.45, 2.75) is 18.1 Å². The van der Waals surface area contributed by atoms with Gasteiger partial charge in [-0.3, -0.25) is 4.79 Å². The molecule has 0 radical (unpaired) electrons. The van der Waals surface area contributed by atoms with Crippen molar-refractivity contribution < 1.29 is 32.5 Å². The number of carbonyl (C=O) groups is 1. The summed E-state index contributed by atoms with van der Waals surface area (Å²) in [5, 5.41) is 8.86. The highest BCUT2D eigenvalue weighted by molar-refractivity contribution is 9.08. The van der Waals surface area contributed by atoms with E-state index < -0.39 is 24.5 Å². The number of carboxylic acids is 1. The van der Waals surface area contributed by atoms with Crippen LogP contribution in [-0.2, 0) is 16.5 Å². The van der Waals surface area contributed by atoms with Gasteiger partial charge in [0, 0.05) is 11.4 Å². The lowest BCUT2D eigenvalue weighted by molar-refractivity contribution is -0.275. The highest BCUT2D eigenvalue weighted by Gasteiger charge is 2.33. The number of halogens is 4. The third kappa shape index (κ3) is 4.58. The first-order chi connectivity index (χ1) is 8.76. The monoisotopic (exact) mass is 343 g/mol. The Morgan fingerprint density at radius 1 is 1.42 bits per heavy atom. The van der Waals surface area contributed by atoms with Crippen molar-refractivity contribution >= 4 is 21.9 Å². The van der Waals surface area contributed by atoms with Gasteiger partial charge in [-0.1, -0.05) is 15.9 Å². The second-order valence-corrected chi connectivity index (χ2v) is 3.89.